The third kappa shape index (κ3) is 2.55. The van der Waals surface area contributed by atoms with Crippen molar-refractivity contribution in [3.8, 4) is 0 Å². The quantitative estimate of drug-likeness (QED) is 0.756. The maximum Gasteiger partial charge on any atom is 0.129 e. The summed E-state index contributed by atoms with van der Waals surface area (Å²) in [7, 11) is 0. The zero-order valence-corrected chi connectivity index (χ0v) is 11.5. The molecule has 1 heterocycles. The van der Waals surface area contributed by atoms with Gasteiger partial charge in [0.05, 0.1) is 6.54 Å². The molecule has 2 rings (SSSR count). The smallest absolute Gasteiger partial charge is 0.129 e. The van der Waals surface area contributed by atoms with E-state index < -0.39 is 0 Å². The monoisotopic (exact) mass is 350 g/mol. The Bertz CT molecular complexity index is 505. The standard InChI is InChI=1S/C11H9ClFIN2/c1-7-5-16(15-11(7)14)6-8-2-3-9(12)4-10(8)13/h2-5H,6H2,1H3. The summed E-state index contributed by atoms with van der Waals surface area (Å²) in [5.41, 5.74) is 1.68. The molecule has 0 saturated carbocycles. The number of hydrogen-bond donors (Lipinski definition) is 0. The van der Waals surface area contributed by atoms with Crippen LogP contribution in [-0.2, 0) is 6.54 Å². The molecule has 0 unspecified atom stereocenters. The summed E-state index contributed by atoms with van der Waals surface area (Å²) in [6.07, 6.45) is 1.90. The lowest BCUT2D eigenvalue weighted by molar-refractivity contribution is 0.584. The van der Waals surface area contributed by atoms with Gasteiger partial charge in [-0.1, -0.05) is 17.7 Å². The van der Waals surface area contributed by atoms with Crippen LogP contribution in [0.1, 0.15) is 11.1 Å². The summed E-state index contributed by atoms with van der Waals surface area (Å²) in [5.74, 6) is -0.296. The van der Waals surface area contributed by atoms with Crippen LogP contribution in [0, 0.1) is 16.4 Å². The number of aryl methyl sites for hydroxylation is 1. The average Bonchev–Trinajstić information content (AvgIpc) is 2.51. The maximum absolute atomic E-state index is 13.5. The number of aromatic nitrogens is 2. The lowest BCUT2D eigenvalue weighted by atomic mass is 10.2. The third-order valence-electron chi connectivity index (χ3n) is 2.23. The molecule has 84 valence electrons. The molecule has 0 aliphatic heterocycles. The fourth-order valence-electron chi connectivity index (χ4n) is 1.40. The first kappa shape index (κ1) is 11.9. The van der Waals surface area contributed by atoms with Crippen LogP contribution >= 0.6 is 34.2 Å². The molecule has 1 aromatic heterocycles. The van der Waals surface area contributed by atoms with Crippen molar-refractivity contribution in [3.63, 3.8) is 0 Å². The van der Waals surface area contributed by atoms with Crippen LogP contribution in [0.3, 0.4) is 0 Å². The van der Waals surface area contributed by atoms with Gasteiger partial charge in [0.2, 0.25) is 0 Å². The molecule has 0 bridgehead atoms. The second kappa shape index (κ2) is 4.71. The number of hydrogen-bond acceptors (Lipinski definition) is 1. The Hall–Kier alpha value is -0.620. The molecule has 0 spiro atoms. The van der Waals surface area contributed by atoms with Gasteiger partial charge in [-0.25, -0.2) is 4.39 Å². The Kier molecular flexibility index (Phi) is 3.49. The topological polar surface area (TPSA) is 17.8 Å². The molecule has 2 nitrogen and oxygen atoms in total. The van der Waals surface area contributed by atoms with Crippen LogP contribution in [0.2, 0.25) is 5.02 Å². The lowest BCUT2D eigenvalue weighted by Crippen LogP contribution is -2.02. The van der Waals surface area contributed by atoms with E-state index in [-0.39, 0.29) is 5.82 Å². The first-order valence-corrected chi connectivity index (χ1v) is 6.15. The normalized spacial score (nSPS) is 10.8. The van der Waals surface area contributed by atoms with Crippen molar-refractivity contribution in [1.29, 1.82) is 0 Å². The van der Waals surface area contributed by atoms with E-state index in [4.69, 9.17) is 11.6 Å². The van der Waals surface area contributed by atoms with Gasteiger partial charge in [0, 0.05) is 22.3 Å². The Balaban J connectivity index is 2.27. The summed E-state index contributed by atoms with van der Waals surface area (Å²) in [4.78, 5) is 0. The van der Waals surface area contributed by atoms with Crippen LogP contribution < -0.4 is 0 Å². The molecule has 0 saturated heterocycles. The molecular formula is C11H9ClFIN2. The summed E-state index contributed by atoms with van der Waals surface area (Å²) >= 11 is 7.84. The average molecular weight is 351 g/mol. The highest BCUT2D eigenvalue weighted by atomic mass is 127. The molecule has 0 N–H and O–H groups in total. The molecule has 0 atom stereocenters. The van der Waals surface area contributed by atoms with E-state index in [1.807, 2.05) is 13.1 Å². The summed E-state index contributed by atoms with van der Waals surface area (Å²) < 4.78 is 16.2. The van der Waals surface area contributed by atoms with Gasteiger partial charge in [-0.2, -0.15) is 5.10 Å². The molecule has 0 aliphatic rings. The minimum atomic E-state index is -0.296. The highest BCUT2D eigenvalue weighted by molar-refractivity contribution is 14.1. The predicted octanol–water partition coefficient (Wildman–Crippen LogP) is 3.64. The van der Waals surface area contributed by atoms with E-state index in [2.05, 4.69) is 27.7 Å². The Morgan fingerprint density at radius 2 is 2.25 bits per heavy atom. The molecule has 16 heavy (non-hydrogen) atoms. The SMILES string of the molecule is Cc1cn(Cc2ccc(Cl)cc2F)nc1I. The molecule has 0 fully saturated rings. The molecule has 0 aliphatic carbocycles. The summed E-state index contributed by atoms with van der Waals surface area (Å²) in [6.45, 7) is 2.40. The van der Waals surface area contributed by atoms with E-state index >= 15 is 0 Å². The number of halogens is 3. The largest absolute Gasteiger partial charge is 0.267 e. The van der Waals surface area contributed by atoms with Crippen LogP contribution in [0.15, 0.2) is 24.4 Å². The van der Waals surface area contributed by atoms with E-state index in [0.29, 0.717) is 17.1 Å². The van der Waals surface area contributed by atoms with Crippen molar-refractivity contribution in [1.82, 2.24) is 9.78 Å². The zero-order chi connectivity index (χ0) is 11.7. The molecule has 0 amide bonds. The Morgan fingerprint density at radius 1 is 1.50 bits per heavy atom. The van der Waals surface area contributed by atoms with Crippen LogP contribution in [0.5, 0.6) is 0 Å². The van der Waals surface area contributed by atoms with Crippen molar-refractivity contribution < 1.29 is 4.39 Å². The van der Waals surface area contributed by atoms with Gasteiger partial charge in [-0.3, -0.25) is 4.68 Å². The molecule has 2 aromatic rings. The highest BCUT2D eigenvalue weighted by Gasteiger charge is 2.06. The number of nitrogens with zero attached hydrogens (tertiary/aromatic N) is 2. The lowest BCUT2D eigenvalue weighted by Gasteiger charge is -2.03. The number of benzene rings is 1. The first-order valence-electron chi connectivity index (χ1n) is 4.70. The van der Waals surface area contributed by atoms with Crippen molar-refractivity contribution in [3.05, 3.63) is 50.1 Å². The molecule has 0 radical (unpaired) electrons. The summed E-state index contributed by atoms with van der Waals surface area (Å²) in [6, 6.07) is 4.68. The van der Waals surface area contributed by atoms with Crippen LogP contribution in [0.4, 0.5) is 4.39 Å². The van der Waals surface area contributed by atoms with Gasteiger partial charge < -0.3 is 0 Å². The number of rotatable bonds is 2. The second-order valence-electron chi connectivity index (χ2n) is 3.54. The van der Waals surface area contributed by atoms with Crippen LogP contribution in [-0.4, -0.2) is 9.78 Å². The van der Waals surface area contributed by atoms with Gasteiger partial charge in [0.15, 0.2) is 0 Å². The van der Waals surface area contributed by atoms with Gasteiger partial charge in [0.25, 0.3) is 0 Å². The van der Waals surface area contributed by atoms with Gasteiger partial charge in [-0.05, 0) is 41.6 Å². The van der Waals surface area contributed by atoms with Gasteiger partial charge in [0.1, 0.15) is 9.52 Å². The molecular weight excluding hydrogens is 341 g/mol. The minimum absolute atomic E-state index is 0.296. The van der Waals surface area contributed by atoms with E-state index in [0.717, 1.165) is 9.26 Å². The molecule has 5 heteroatoms. The Labute approximate surface area is 112 Å². The fourth-order valence-corrected chi connectivity index (χ4v) is 1.98. The van der Waals surface area contributed by atoms with Gasteiger partial charge >= 0.3 is 0 Å². The fraction of sp³-hybridized carbons (Fsp3) is 0.182. The van der Waals surface area contributed by atoms with Crippen molar-refractivity contribution in [2.24, 2.45) is 0 Å². The Morgan fingerprint density at radius 3 is 2.81 bits per heavy atom. The summed E-state index contributed by atoms with van der Waals surface area (Å²) in [5, 5.41) is 4.68. The van der Waals surface area contributed by atoms with Crippen molar-refractivity contribution >= 4 is 34.2 Å². The molecule has 1 aromatic carbocycles. The van der Waals surface area contributed by atoms with Gasteiger partial charge in [-0.15, -0.1) is 0 Å². The van der Waals surface area contributed by atoms with E-state index in [1.54, 1.807) is 16.8 Å². The second-order valence-corrected chi connectivity index (χ2v) is 4.99. The maximum atomic E-state index is 13.5. The zero-order valence-electron chi connectivity index (χ0n) is 8.54. The third-order valence-corrected chi connectivity index (χ3v) is 3.53. The first-order chi connectivity index (χ1) is 7.56. The minimum Gasteiger partial charge on any atom is -0.267 e. The predicted molar refractivity (Wildman–Crippen MR) is 70.2 cm³/mol. The van der Waals surface area contributed by atoms with Crippen molar-refractivity contribution in [2.75, 3.05) is 0 Å². The van der Waals surface area contributed by atoms with E-state index in [9.17, 15) is 4.39 Å². The highest BCUT2D eigenvalue weighted by Crippen LogP contribution is 2.16. The van der Waals surface area contributed by atoms with E-state index in [1.165, 1.54) is 6.07 Å². The van der Waals surface area contributed by atoms with Crippen LogP contribution in [0.25, 0.3) is 0 Å². The van der Waals surface area contributed by atoms with Crippen molar-refractivity contribution in [2.45, 2.75) is 13.5 Å².